The summed E-state index contributed by atoms with van der Waals surface area (Å²) in [5, 5.41) is 11.7. The molecule has 3 aliphatic heterocycles. The summed E-state index contributed by atoms with van der Waals surface area (Å²) in [4.78, 5) is 46.7. The number of β-lactam (4-membered cyclic amide) rings is 1. The SMILES string of the molecule is COc1ccc([Si](C)(C)[C@@H]2[C@@H](CC(=O)N(CCO)Cc3ccccc3)O[C@]3(C(=O)N(Cc4ccc(N5CCC5=O)cc4)c4ccc(Cl)cc43)[C@H]2C)cc1. The fourth-order valence-corrected chi connectivity index (χ4v) is 12.9. The Bertz CT molecular complexity index is 1990. The van der Waals surface area contributed by atoms with Crippen molar-refractivity contribution in [3.05, 3.63) is 119 Å². The van der Waals surface area contributed by atoms with Crippen LogP contribution < -0.4 is 19.7 Å². The van der Waals surface area contributed by atoms with Crippen LogP contribution >= 0.6 is 11.6 Å². The number of methoxy groups -OCH3 is 1. The molecule has 276 valence electrons. The molecule has 2 saturated heterocycles. The van der Waals surface area contributed by atoms with E-state index in [4.69, 9.17) is 21.1 Å². The maximum absolute atomic E-state index is 15.2. The van der Waals surface area contributed by atoms with Gasteiger partial charge < -0.3 is 29.3 Å². The number of amides is 3. The molecule has 0 saturated carbocycles. The summed E-state index contributed by atoms with van der Waals surface area (Å²) in [5.41, 5.74) is 2.63. The van der Waals surface area contributed by atoms with Gasteiger partial charge in [0.1, 0.15) is 5.75 Å². The smallest absolute Gasteiger partial charge is 0.264 e. The molecule has 0 unspecified atom stereocenters. The lowest BCUT2D eigenvalue weighted by Gasteiger charge is -2.37. The summed E-state index contributed by atoms with van der Waals surface area (Å²) >= 11 is 6.69. The number of aliphatic hydroxyl groups is 1. The van der Waals surface area contributed by atoms with Crippen molar-refractivity contribution in [2.45, 2.75) is 63.2 Å². The molecule has 1 N–H and O–H groups in total. The minimum atomic E-state index is -2.51. The third-order valence-electron chi connectivity index (χ3n) is 11.6. The van der Waals surface area contributed by atoms with Gasteiger partial charge in [0.05, 0.1) is 46.5 Å². The zero-order valence-corrected chi connectivity index (χ0v) is 32.4. The van der Waals surface area contributed by atoms with Gasteiger partial charge >= 0.3 is 0 Å². The molecule has 9 nitrogen and oxygen atoms in total. The number of aliphatic hydroxyl groups excluding tert-OH is 1. The molecule has 4 aromatic carbocycles. The number of benzene rings is 4. The molecule has 4 aromatic rings. The van der Waals surface area contributed by atoms with Crippen LogP contribution in [0.4, 0.5) is 11.4 Å². The number of carbonyl (C=O) groups excluding carboxylic acids is 3. The molecular formula is C42H46ClN3O6Si. The van der Waals surface area contributed by atoms with Gasteiger partial charge in [0, 0.05) is 48.2 Å². The second-order valence-electron chi connectivity index (χ2n) is 14.9. The van der Waals surface area contributed by atoms with Crippen molar-refractivity contribution in [1.29, 1.82) is 0 Å². The number of anilines is 2. The molecule has 0 bridgehead atoms. The summed E-state index contributed by atoms with van der Waals surface area (Å²) in [6, 6.07) is 31.1. The summed E-state index contributed by atoms with van der Waals surface area (Å²) in [6.45, 7) is 8.03. The van der Waals surface area contributed by atoms with E-state index in [0.29, 0.717) is 36.6 Å². The van der Waals surface area contributed by atoms with Gasteiger partial charge in [0.15, 0.2) is 5.60 Å². The van der Waals surface area contributed by atoms with Crippen LogP contribution in [0, 0.1) is 5.92 Å². The standard InChI is InChI=1S/C42H46ClN3O6Si/c1-28-40(53(3,4)34-17-15-33(51-2)16-18-34)37(25-39(49)44(22-23-47)26-29-8-6-5-7-9-29)52-42(28)35-24-31(43)12-19-36(35)46(41(42)50)27-30-10-13-32(14-11-30)45-21-20-38(45)48/h5-19,24,28,37,40,47H,20-23,25-27H2,1-4H3/t28-,37+,40-,42+/m0/s1. The summed E-state index contributed by atoms with van der Waals surface area (Å²) in [5.74, 6) is 0.221. The van der Waals surface area contributed by atoms with Gasteiger partial charge in [-0.3, -0.25) is 14.4 Å². The van der Waals surface area contributed by atoms with Gasteiger partial charge in [-0.2, -0.15) is 0 Å². The van der Waals surface area contributed by atoms with E-state index in [-0.39, 0.29) is 48.8 Å². The molecule has 3 amide bonds. The van der Waals surface area contributed by atoms with Gasteiger partial charge in [-0.25, -0.2) is 0 Å². The van der Waals surface area contributed by atoms with Gasteiger partial charge in [-0.05, 0) is 59.1 Å². The number of carbonyl (C=O) groups is 3. The molecular weight excluding hydrogens is 706 g/mol. The molecule has 4 atom stereocenters. The number of nitrogens with zero attached hydrogens (tertiary/aromatic N) is 3. The van der Waals surface area contributed by atoms with Crippen molar-refractivity contribution in [3.8, 4) is 5.75 Å². The number of rotatable bonds is 12. The van der Waals surface area contributed by atoms with Gasteiger partial charge in [-0.1, -0.05) is 91.4 Å². The van der Waals surface area contributed by atoms with Gasteiger partial charge in [0.2, 0.25) is 11.8 Å². The third-order valence-corrected chi connectivity index (χ3v) is 16.1. The quantitative estimate of drug-likeness (QED) is 0.136. The molecule has 0 aromatic heterocycles. The first kappa shape index (κ1) is 36.9. The summed E-state index contributed by atoms with van der Waals surface area (Å²) in [7, 11) is -0.870. The van der Waals surface area contributed by atoms with E-state index in [1.165, 1.54) is 5.19 Å². The second kappa shape index (κ2) is 14.7. The number of ether oxygens (including phenoxy) is 2. The van der Waals surface area contributed by atoms with Gasteiger partial charge in [-0.15, -0.1) is 0 Å². The second-order valence-corrected chi connectivity index (χ2v) is 20.0. The van der Waals surface area contributed by atoms with E-state index in [9.17, 15) is 14.7 Å². The van der Waals surface area contributed by atoms with Crippen LogP contribution in [0.25, 0.3) is 0 Å². The Balaban J connectivity index is 1.26. The Kier molecular flexibility index (Phi) is 10.3. The highest BCUT2D eigenvalue weighted by molar-refractivity contribution is 6.91. The fraction of sp³-hybridized carbons (Fsp3) is 0.357. The van der Waals surface area contributed by atoms with Crippen LogP contribution in [0.5, 0.6) is 5.75 Å². The van der Waals surface area contributed by atoms with E-state index < -0.39 is 19.8 Å². The van der Waals surface area contributed by atoms with Crippen LogP contribution in [0.15, 0.2) is 97.1 Å². The molecule has 3 aliphatic rings. The van der Waals surface area contributed by atoms with Crippen molar-refractivity contribution >= 4 is 54.0 Å². The Morgan fingerprint density at radius 2 is 1.72 bits per heavy atom. The van der Waals surface area contributed by atoms with Crippen molar-refractivity contribution in [3.63, 3.8) is 0 Å². The van der Waals surface area contributed by atoms with Gasteiger partial charge in [0.25, 0.3) is 5.91 Å². The first-order valence-corrected chi connectivity index (χ1v) is 21.7. The predicted octanol–water partition coefficient (Wildman–Crippen LogP) is 6.26. The first-order valence-electron chi connectivity index (χ1n) is 18.2. The van der Waals surface area contributed by atoms with Crippen LogP contribution in [-0.2, 0) is 37.8 Å². The largest absolute Gasteiger partial charge is 0.497 e. The molecule has 0 radical (unpaired) electrons. The lowest BCUT2D eigenvalue weighted by atomic mass is 9.82. The number of fused-ring (bicyclic) bond motifs is 2. The lowest BCUT2D eigenvalue weighted by Crippen LogP contribution is -2.52. The normalized spacial score (nSPS) is 22.3. The monoisotopic (exact) mass is 751 g/mol. The number of hydrogen-bond acceptors (Lipinski definition) is 6. The van der Waals surface area contributed by atoms with E-state index in [1.807, 2.05) is 78.9 Å². The minimum Gasteiger partial charge on any atom is -0.497 e. The highest BCUT2D eigenvalue weighted by Crippen LogP contribution is 2.60. The molecule has 3 heterocycles. The number of halogens is 1. The third kappa shape index (κ3) is 6.67. The van der Waals surface area contributed by atoms with E-state index in [0.717, 1.165) is 28.3 Å². The molecule has 0 aliphatic carbocycles. The van der Waals surface area contributed by atoms with Crippen LogP contribution in [0.1, 0.15) is 36.5 Å². The highest BCUT2D eigenvalue weighted by Gasteiger charge is 2.66. The lowest BCUT2D eigenvalue weighted by molar-refractivity contribution is -0.150. The highest BCUT2D eigenvalue weighted by atomic mass is 35.5. The van der Waals surface area contributed by atoms with E-state index in [2.05, 4.69) is 32.2 Å². The number of hydrogen-bond donors (Lipinski definition) is 1. The Morgan fingerprint density at radius 1 is 1.00 bits per heavy atom. The average Bonchev–Trinajstić information content (AvgIpc) is 3.57. The van der Waals surface area contributed by atoms with Crippen molar-refractivity contribution in [2.75, 3.05) is 36.6 Å². The Morgan fingerprint density at radius 3 is 2.34 bits per heavy atom. The van der Waals surface area contributed by atoms with E-state index >= 15 is 4.79 Å². The maximum atomic E-state index is 15.2. The maximum Gasteiger partial charge on any atom is 0.264 e. The van der Waals surface area contributed by atoms with E-state index in [1.54, 1.807) is 27.9 Å². The van der Waals surface area contributed by atoms with Crippen LogP contribution in [0.3, 0.4) is 0 Å². The Hall–Kier alpha value is -4.48. The molecule has 11 heteroatoms. The zero-order chi connectivity index (χ0) is 37.5. The first-order chi connectivity index (χ1) is 25.5. The molecule has 53 heavy (non-hydrogen) atoms. The predicted molar refractivity (Wildman–Crippen MR) is 209 cm³/mol. The topological polar surface area (TPSA) is 99.6 Å². The van der Waals surface area contributed by atoms with Crippen molar-refractivity contribution in [1.82, 2.24) is 4.90 Å². The van der Waals surface area contributed by atoms with Crippen molar-refractivity contribution < 1.29 is 29.0 Å². The minimum absolute atomic E-state index is 0.0516. The molecule has 1 spiro atoms. The summed E-state index contributed by atoms with van der Waals surface area (Å²) < 4.78 is 12.7. The van der Waals surface area contributed by atoms with Crippen molar-refractivity contribution in [2.24, 2.45) is 5.92 Å². The zero-order valence-electron chi connectivity index (χ0n) is 30.6. The molecule has 7 rings (SSSR count). The van der Waals surface area contributed by atoms with Crippen LogP contribution in [0.2, 0.25) is 23.7 Å². The molecule has 2 fully saturated rings. The summed E-state index contributed by atoms with van der Waals surface area (Å²) in [6.07, 6.45) is 0.0139. The van der Waals surface area contributed by atoms with Crippen LogP contribution in [-0.4, -0.2) is 68.7 Å². The average molecular weight is 752 g/mol. The Labute approximate surface area is 317 Å². The fourth-order valence-electron chi connectivity index (χ4n) is 8.71.